The Kier molecular flexibility index (Phi) is 8.37. The smallest absolute Gasteiger partial charge is 0.342 e. The van der Waals surface area contributed by atoms with Gasteiger partial charge < -0.3 is 19.7 Å². The highest BCUT2D eigenvalue weighted by Crippen LogP contribution is 2.26. The molecule has 1 N–H and O–H groups in total. The number of hydrogen-bond donors (Lipinski definition) is 1. The molecular weight excluding hydrogens is 438 g/mol. The zero-order chi connectivity index (χ0) is 24.6. The Hall–Kier alpha value is -3.38. The summed E-state index contributed by atoms with van der Waals surface area (Å²) in [4.78, 5) is 19.3. The molecule has 1 aromatic heterocycles. The summed E-state index contributed by atoms with van der Waals surface area (Å²) in [6.45, 7) is 8.12. The SMILES string of the molecule is CCC(N[C@H]1CCN(c2ncccc2C(=O)OC(C)C)C1)c1ccc(OCc2ccccc2)cc1. The van der Waals surface area contributed by atoms with Crippen LogP contribution >= 0.6 is 0 Å². The quantitative estimate of drug-likeness (QED) is 0.390. The van der Waals surface area contributed by atoms with Crippen molar-refractivity contribution in [2.75, 3.05) is 18.0 Å². The van der Waals surface area contributed by atoms with Gasteiger partial charge in [0.15, 0.2) is 0 Å². The van der Waals surface area contributed by atoms with Crippen LogP contribution in [0.2, 0.25) is 0 Å². The third kappa shape index (κ3) is 6.61. The molecule has 0 amide bonds. The van der Waals surface area contributed by atoms with Crippen molar-refractivity contribution in [2.45, 2.75) is 58.4 Å². The molecule has 0 radical (unpaired) electrons. The number of hydrogen-bond acceptors (Lipinski definition) is 6. The monoisotopic (exact) mass is 473 g/mol. The van der Waals surface area contributed by atoms with Gasteiger partial charge in [-0.1, -0.05) is 49.4 Å². The van der Waals surface area contributed by atoms with Gasteiger partial charge in [0.2, 0.25) is 0 Å². The van der Waals surface area contributed by atoms with Gasteiger partial charge >= 0.3 is 5.97 Å². The minimum Gasteiger partial charge on any atom is -0.489 e. The lowest BCUT2D eigenvalue weighted by Crippen LogP contribution is -2.35. The van der Waals surface area contributed by atoms with Gasteiger partial charge in [-0.25, -0.2) is 9.78 Å². The van der Waals surface area contributed by atoms with E-state index in [4.69, 9.17) is 9.47 Å². The fraction of sp³-hybridized carbons (Fsp3) is 0.379. The Morgan fingerprint density at radius 1 is 1.09 bits per heavy atom. The van der Waals surface area contributed by atoms with Gasteiger partial charge in [-0.3, -0.25) is 0 Å². The first-order valence-electron chi connectivity index (χ1n) is 12.5. The van der Waals surface area contributed by atoms with Crippen LogP contribution in [0.5, 0.6) is 5.75 Å². The van der Waals surface area contributed by atoms with E-state index in [1.54, 1.807) is 18.3 Å². The second-order valence-corrected chi connectivity index (χ2v) is 9.23. The fourth-order valence-corrected chi connectivity index (χ4v) is 4.45. The molecular formula is C29H35N3O3. The first kappa shape index (κ1) is 24.7. The minimum absolute atomic E-state index is 0.163. The number of benzene rings is 2. The molecule has 1 fully saturated rings. The van der Waals surface area contributed by atoms with Crippen molar-refractivity contribution in [2.24, 2.45) is 0 Å². The predicted octanol–water partition coefficient (Wildman–Crippen LogP) is 5.55. The van der Waals surface area contributed by atoms with Crippen molar-refractivity contribution >= 4 is 11.8 Å². The lowest BCUT2D eigenvalue weighted by atomic mass is 10.0. The molecule has 1 aliphatic rings. The number of pyridine rings is 1. The summed E-state index contributed by atoms with van der Waals surface area (Å²) < 4.78 is 11.4. The van der Waals surface area contributed by atoms with Crippen LogP contribution in [0, 0.1) is 0 Å². The van der Waals surface area contributed by atoms with Crippen molar-refractivity contribution in [3.8, 4) is 5.75 Å². The van der Waals surface area contributed by atoms with Crippen LogP contribution in [0.25, 0.3) is 0 Å². The summed E-state index contributed by atoms with van der Waals surface area (Å²) in [6.07, 6.45) is 3.54. The van der Waals surface area contributed by atoms with Gasteiger partial charge in [0.1, 0.15) is 23.7 Å². The summed E-state index contributed by atoms with van der Waals surface area (Å²) in [5, 5.41) is 3.81. The van der Waals surface area contributed by atoms with E-state index in [0.29, 0.717) is 24.0 Å². The molecule has 2 atom stereocenters. The van der Waals surface area contributed by atoms with Gasteiger partial charge in [-0.2, -0.15) is 0 Å². The number of nitrogens with one attached hydrogen (secondary N) is 1. The van der Waals surface area contributed by atoms with E-state index in [1.807, 2.05) is 44.2 Å². The van der Waals surface area contributed by atoms with Gasteiger partial charge in [-0.05, 0) is 62.1 Å². The summed E-state index contributed by atoms with van der Waals surface area (Å²) >= 11 is 0. The maximum Gasteiger partial charge on any atom is 0.342 e. The number of esters is 1. The van der Waals surface area contributed by atoms with Crippen molar-refractivity contribution in [1.29, 1.82) is 0 Å². The highest BCUT2D eigenvalue weighted by Gasteiger charge is 2.28. The molecule has 2 heterocycles. The van der Waals surface area contributed by atoms with E-state index < -0.39 is 0 Å². The maximum atomic E-state index is 12.6. The van der Waals surface area contributed by atoms with Crippen molar-refractivity contribution in [1.82, 2.24) is 10.3 Å². The topological polar surface area (TPSA) is 63.7 Å². The second kappa shape index (κ2) is 11.8. The van der Waals surface area contributed by atoms with E-state index in [9.17, 15) is 4.79 Å². The molecule has 0 aliphatic carbocycles. The van der Waals surface area contributed by atoms with Crippen LogP contribution < -0.4 is 15.0 Å². The second-order valence-electron chi connectivity index (χ2n) is 9.23. The Morgan fingerprint density at radius 3 is 2.57 bits per heavy atom. The Bertz CT molecular complexity index is 1090. The van der Waals surface area contributed by atoms with Crippen LogP contribution in [0.1, 0.15) is 61.1 Å². The average Bonchev–Trinajstić information content (AvgIpc) is 3.35. The molecule has 4 rings (SSSR count). The number of ether oxygens (including phenoxy) is 2. The number of carbonyl (C=O) groups excluding carboxylic acids is 1. The first-order valence-corrected chi connectivity index (χ1v) is 12.5. The maximum absolute atomic E-state index is 12.6. The summed E-state index contributed by atoms with van der Waals surface area (Å²) in [5.74, 6) is 1.26. The third-order valence-corrected chi connectivity index (χ3v) is 6.21. The Morgan fingerprint density at radius 2 is 1.86 bits per heavy atom. The molecule has 1 aliphatic heterocycles. The summed E-state index contributed by atoms with van der Waals surface area (Å²) in [5.41, 5.74) is 2.93. The largest absolute Gasteiger partial charge is 0.489 e. The molecule has 1 saturated heterocycles. The van der Waals surface area contributed by atoms with Crippen molar-refractivity contribution < 1.29 is 14.3 Å². The number of nitrogens with zero attached hydrogens (tertiary/aromatic N) is 2. The van der Waals surface area contributed by atoms with Crippen LogP contribution in [0.4, 0.5) is 5.82 Å². The van der Waals surface area contributed by atoms with E-state index in [1.165, 1.54) is 5.56 Å². The molecule has 184 valence electrons. The highest BCUT2D eigenvalue weighted by atomic mass is 16.5. The normalized spacial score (nSPS) is 16.3. The highest BCUT2D eigenvalue weighted by molar-refractivity contribution is 5.94. The Labute approximate surface area is 208 Å². The first-order chi connectivity index (χ1) is 17.0. The molecule has 0 bridgehead atoms. The van der Waals surface area contributed by atoms with Crippen LogP contribution in [-0.4, -0.2) is 36.2 Å². The lowest BCUT2D eigenvalue weighted by Gasteiger charge is -2.24. The molecule has 0 saturated carbocycles. The number of anilines is 1. The zero-order valence-electron chi connectivity index (χ0n) is 20.8. The molecule has 3 aromatic rings. The number of carbonyl (C=O) groups is 1. The van der Waals surface area contributed by atoms with Gasteiger partial charge in [0.25, 0.3) is 0 Å². The fourth-order valence-electron chi connectivity index (χ4n) is 4.45. The molecule has 1 unspecified atom stereocenters. The molecule has 2 aromatic carbocycles. The predicted molar refractivity (Wildman–Crippen MR) is 139 cm³/mol. The van der Waals surface area contributed by atoms with E-state index in [-0.39, 0.29) is 18.1 Å². The minimum atomic E-state index is -0.319. The Balaban J connectivity index is 1.35. The van der Waals surface area contributed by atoms with Gasteiger partial charge in [0, 0.05) is 31.4 Å². The van der Waals surface area contributed by atoms with Crippen molar-refractivity contribution in [3.05, 3.63) is 89.6 Å². The number of aromatic nitrogens is 1. The van der Waals surface area contributed by atoms with Gasteiger partial charge in [-0.15, -0.1) is 0 Å². The molecule has 6 heteroatoms. The molecule has 6 nitrogen and oxygen atoms in total. The molecule has 0 spiro atoms. The van der Waals surface area contributed by atoms with E-state index in [0.717, 1.165) is 37.2 Å². The van der Waals surface area contributed by atoms with E-state index in [2.05, 4.69) is 46.4 Å². The average molecular weight is 474 g/mol. The summed E-state index contributed by atoms with van der Waals surface area (Å²) in [7, 11) is 0. The third-order valence-electron chi connectivity index (χ3n) is 6.21. The van der Waals surface area contributed by atoms with E-state index >= 15 is 0 Å². The molecule has 35 heavy (non-hydrogen) atoms. The lowest BCUT2D eigenvalue weighted by molar-refractivity contribution is 0.0378. The van der Waals surface area contributed by atoms with Crippen LogP contribution in [0.15, 0.2) is 72.9 Å². The summed E-state index contributed by atoms with van der Waals surface area (Å²) in [6, 6.07) is 22.7. The zero-order valence-corrected chi connectivity index (χ0v) is 20.8. The standard InChI is InChI=1S/C29H35N3O3/c1-4-27(23-12-14-25(15-13-23)34-20-22-9-6-5-7-10-22)31-24-16-18-32(19-24)28-26(11-8-17-30-28)29(33)35-21(2)3/h5-15,17,21,24,27,31H,4,16,18-20H2,1-3H3/t24-,27?/m0/s1. The van der Waals surface area contributed by atoms with Crippen LogP contribution in [-0.2, 0) is 11.3 Å². The van der Waals surface area contributed by atoms with Crippen molar-refractivity contribution in [3.63, 3.8) is 0 Å². The number of rotatable bonds is 10. The van der Waals surface area contributed by atoms with Crippen LogP contribution in [0.3, 0.4) is 0 Å². The van der Waals surface area contributed by atoms with Gasteiger partial charge in [0.05, 0.1) is 6.10 Å².